The van der Waals surface area contributed by atoms with Crippen molar-refractivity contribution in [3.05, 3.63) is 107 Å². The maximum absolute atomic E-state index is 6.17. The van der Waals surface area contributed by atoms with Crippen LogP contribution in [0.4, 0.5) is 0 Å². The Kier molecular flexibility index (Phi) is 5.65. The predicted molar refractivity (Wildman–Crippen MR) is 126 cm³/mol. The van der Waals surface area contributed by atoms with Crippen molar-refractivity contribution in [3.63, 3.8) is 0 Å². The SMILES string of the molecule is Cc1ccc(C)n1-c1cc(C(=CCCl)c2ccccc2)cc(-n2c(C)ccc2C)n1. The third kappa shape index (κ3) is 3.73. The Balaban J connectivity index is 2.00. The molecule has 0 radical (unpaired) electrons. The van der Waals surface area contributed by atoms with E-state index in [0.717, 1.165) is 51.1 Å². The van der Waals surface area contributed by atoms with E-state index in [9.17, 15) is 0 Å². The number of alkyl halides is 1. The molecule has 152 valence electrons. The topological polar surface area (TPSA) is 22.8 Å². The van der Waals surface area contributed by atoms with E-state index in [0.29, 0.717) is 5.88 Å². The summed E-state index contributed by atoms with van der Waals surface area (Å²) in [6.07, 6.45) is 2.07. The molecule has 0 saturated carbocycles. The van der Waals surface area contributed by atoms with Crippen LogP contribution in [0.15, 0.2) is 72.8 Å². The zero-order valence-electron chi connectivity index (χ0n) is 17.9. The molecule has 30 heavy (non-hydrogen) atoms. The van der Waals surface area contributed by atoms with Crippen molar-refractivity contribution in [1.82, 2.24) is 14.1 Å². The van der Waals surface area contributed by atoms with Crippen LogP contribution in [-0.2, 0) is 0 Å². The van der Waals surface area contributed by atoms with Crippen molar-refractivity contribution in [1.29, 1.82) is 0 Å². The molecule has 3 aromatic heterocycles. The number of pyridine rings is 1. The van der Waals surface area contributed by atoms with Crippen LogP contribution >= 0.6 is 11.6 Å². The summed E-state index contributed by atoms with van der Waals surface area (Å²) in [4.78, 5) is 5.06. The van der Waals surface area contributed by atoms with Gasteiger partial charge in [-0.15, -0.1) is 11.6 Å². The number of halogens is 1. The number of nitrogens with zero attached hydrogens (tertiary/aromatic N) is 3. The normalized spacial score (nSPS) is 11.8. The van der Waals surface area contributed by atoms with Crippen LogP contribution in [0.25, 0.3) is 17.2 Å². The Morgan fingerprint density at radius 3 is 1.63 bits per heavy atom. The van der Waals surface area contributed by atoms with Crippen LogP contribution in [0.5, 0.6) is 0 Å². The molecule has 1 aromatic carbocycles. The molecule has 0 aliphatic heterocycles. The minimum Gasteiger partial charge on any atom is -0.303 e. The fourth-order valence-corrected chi connectivity index (χ4v) is 4.20. The number of hydrogen-bond acceptors (Lipinski definition) is 1. The van der Waals surface area contributed by atoms with E-state index < -0.39 is 0 Å². The first-order chi connectivity index (χ1) is 14.5. The standard InChI is InChI=1S/C26H26ClN3/c1-18-10-11-19(2)29(18)25-16-23(24(14-15-27)22-8-6-5-7-9-22)17-26(28-25)30-20(3)12-13-21(30)4/h5-14,16-17H,15H2,1-4H3. The highest BCUT2D eigenvalue weighted by molar-refractivity contribution is 6.19. The Bertz CT molecular complexity index is 1110. The molecule has 3 nitrogen and oxygen atoms in total. The first kappa shape index (κ1) is 20.2. The third-order valence-corrected chi connectivity index (χ3v) is 5.63. The molecule has 3 heterocycles. The lowest BCUT2D eigenvalue weighted by molar-refractivity contribution is 0.872. The molecule has 0 bridgehead atoms. The fraction of sp³-hybridized carbons (Fsp3) is 0.192. The second-order valence-electron chi connectivity index (χ2n) is 7.61. The van der Waals surface area contributed by atoms with Gasteiger partial charge in [-0.25, -0.2) is 4.98 Å². The number of aromatic nitrogens is 3. The molecule has 0 spiro atoms. The summed E-state index contributed by atoms with van der Waals surface area (Å²) in [5, 5.41) is 0. The molecule has 0 fully saturated rings. The summed E-state index contributed by atoms with van der Waals surface area (Å²) >= 11 is 6.17. The van der Waals surface area contributed by atoms with Crippen molar-refractivity contribution < 1.29 is 0 Å². The van der Waals surface area contributed by atoms with Gasteiger partial charge in [0.2, 0.25) is 0 Å². The summed E-state index contributed by atoms with van der Waals surface area (Å²) in [6.45, 7) is 8.44. The second kappa shape index (κ2) is 8.37. The van der Waals surface area contributed by atoms with E-state index in [-0.39, 0.29) is 0 Å². The van der Waals surface area contributed by atoms with Crippen LogP contribution in [-0.4, -0.2) is 20.0 Å². The highest BCUT2D eigenvalue weighted by atomic mass is 35.5. The number of rotatable bonds is 5. The average molecular weight is 416 g/mol. The lowest BCUT2D eigenvalue weighted by Crippen LogP contribution is -2.09. The van der Waals surface area contributed by atoms with Crippen LogP contribution in [0.2, 0.25) is 0 Å². The molecular weight excluding hydrogens is 390 g/mol. The van der Waals surface area contributed by atoms with Gasteiger partial charge < -0.3 is 9.13 Å². The fourth-order valence-electron chi connectivity index (χ4n) is 4.04. The molecule has 4 aromatic rings. The summed E-state index contributed by atoms with van der Waals surface area (Å²) in [5.41, 5.74) is 7.99. The number of aryl methyl sites for hydroxylation is 4. The van der Waals surface area contributed by atoms with Crippen molar-refractivity contribution in [2.24, 2.45) is 0 Å². The molecule has 0 N–H and O–H groups in total. The average Bonchev–Trinajstić information content (AvgIpc) is 3.26. The minimum atomic E-state index is 0.445. The van der Waals surface area contributed by atoms with Gasteiger partial charge in [0, 0.05) is 28.7 Å². The molecule has 0 saturated heterocycles. The second-order valence-corrected chi connectivity index (χ2v) is 7.92. The number of allylic oxidation sites excluding steroid dienone is 1. The van der Waals surface area contributed by atoms with Crippen molar-refractivity contribution >= 4 is 17.2 Å². The Morgan fingerprint density at radius 1 is 0.733 bits per heavy atom. The largest absolute Gasteiger partial charge is 0.303 e. The third-order valence-electron chi connectivity index (χ3n) is 5.48. The van der Waals surface area contributed by atoms with E-state index in [1.54, 1.807) is 0 Å². The van der Waals surface area contributed by atoms with Gasteiger partial charge in [-0.05, 0) is 80.8 Å². The van der Waals surface area contributed by atoms with Crippen LogP contribution in [0.3, 0.4) is 0 Å². The Labute approximate surface area is 183 Å². The zero-order chi connectivity index (χ0) is 21.3. The van der Waals surface area contributed by atoms with Crippen molar-refractivity contribution in [2.45, 2.75) is 27.7 Å². The van der Waals surface area contributed by atoms with Crippen molar-refractivity contribution in [2.75, 3.05) is 5.88 Å². The molecule has 0 aliphatic rings. The summed E-state index contributed by atoms with van der Waals surface area (Å²) in [7, 11) is 0. The summed E-state index contributed by atoms with van der Waals surface area (Å²) < 4.78 is 4.40. The highest BCUT2D eigenvalue weighted by Gasteiger charge is 2.15. The number of hydrogen-bond donors (Lipinski definition) is 0. The molecule has 4 heteroatoms. The molecule has 0 aliphatic carbocycles. The van der Waals surface area contributed by atoms with Crippen LogP contribution < -0.4 is 0 Å². The lowest BCUT2D eigenvalue weighted by atomic mass is 9.98. The van der Waals surface area contributed by atoms with Gasteiger partial charge in [0.1, 0.15) is 11.6 Å². The van der Waals surface area contributed by atoms with E-state index in [4.69, 9.17) is 16.6 Å². The Hall–Kier alpha value is -3.04. The van der Waals surface area contributed by atoms with Crippen molar-refractivity contribution in [3.8, 4) is 11.6 Å². The first-order valence-corrected chi connectivity index (χ1v) is 10.7. The van der Waals surface area contributed by atoms with Gasteiger partial charge in [-0.1, -0.05) is 36.4 Å². The minimum absolute atomic E-state index is 0.445. The van der Waals surface area contributed by atoms with E-state index in [1.165, 1.54) is 0 Å². The van der Waals surface area contributed by atoms with Gasteiger partial charge in [0.25, 0.3) is 0 Å². The smallest absolute Gasteiger partial charge is 0.140 e. The van der Waals surface area contributed by atoms with Gasteiger partial charge in [0.05, 0.1) is 0 Å². The molecule has 0 unspecified atom stereocenters. The van der Waals surface area contributed by atoms with Gasteiger partial charge >= 0.3 is 0 Å². The van der Waals surface area contributed by atoms with Gasteiger partial charge in [-0.3, -0.25) is 0 Å². The highest BCUT2D eigenvalue weighted by Crippen LogP contribution is 2.29. The van der Waals surface area contributed by atoms with E-state index in [1.807, 2.05) is 6.07 Å². The maximum atomic E-state index is 6.17. The molecule has 0 atom stereocenters. The van der Waals surface area contributed by atoms with E-state index >= 15 is 0 Å². The number of benzene rings is 1. The lowest BCUT2D eigenvalue weighted by Gasteiger charge is -2.17. The zero-order valence-corrected chi connectivity index (χ0v) is 18.6. The molecule has 0 amide bonds. The monoisotopic (exact) mass is 415 g/mol. The quantitative estimate of drug-likeness (QED) is 0.338. The van der Waals surface area contributed by atoms with Crippen LogP contribution in [0, 0.1) is 27.7 Å². The maximum Gasteiger partial charge on any atom is 0.140 e. The summed E-state index contributed by atoms with van der Waals surface area (Å²) in [6, 6.07) is 23.2. The van der Waals surface area contributed by atoms with Gasteiger partial charge in [0.15, 0.2) is 0 Å². The predicted octanol–water partition coefficient (Wildman–Crippen LogP) is 6.57. The molecular formula is C26H26ClN3. The molecule has 4 rings (SSSR count). The Morgan fingerprint density at radius 2 is 1.20 bits per heavy atom. The van der Waals surface area contributed by atoms with Gasteiger partial charge in [-0.2, -0.15) is 0 Å². The van der Waals surface area contributed by atoms with Crippen LogP contribution in [0.1, 0.15) is 33.9 Å². The summed E-state index contributed by atoms with van der Waals surface area (Å²) in [5.74, 6) is 2.26. The first-order valence-electron chi connectivity index (χ1n) is 10.1. The van der Waals surface area contributed by atoms with E-state index in [2.05, 4.69) is 104 Å².